The lowest BCUT2D eigenvalue weighted by Crippen LogP contribution is -2.36. The summed E-state index contributed by atoms with van der Waals surface area (Å²) < 4.78 is 12.1. The van der Waals surface area contributed by atoms with Crippen LogP contribution in [0.1, 0.15) is 17.8 Å². The average Bonchev–Trinajstić information content (AvgIpc) is 3.25. The molecule has 3 heterocycles. The topological polar surface area (TPSA) is 89.5 Å². The Morgan fingerprint density at radius 2 is 2.21 bits per heavy atom. The molecule has 3 rings (SSSR count). The smallest absolute Gasteiger partial charge is 0.224 e. The minimum absolute atomic E-state index is 0.0454. The Bertz CT molecular complexity index is 635. The fourth-order valence-electron chi connectivity index (χ4n) is 2.61. The first-order valence-electron chi connectivity index (χ1n) is 8.02. The zero-order valence-electron chi connectivity index (χ0n) is 13.8. The highest BCUT2D eigenvalue weighted by molar-refractivity contribution is 5.75. The average molecular weight is 334 g/mol. The summed E-state index contributed by atoms with van der Waals surface area (Å²) in [6, 6.07) is 1.85. The lowest BCUT2D eigenvalue weighted by molar-refractivity contribution is -0.130. The number of morpholine rings is 1. The molecule has 2 aromatic rings. The number of tetrazole rings is 1. The van der Waals surface area contributed by atoms with Crippen LogP contribution in [0.4, 0.5) is 0 Å². The van der Waals surface area contributed by atoms with Crippen LogP contribution >= 0.6 is 0 Å². The Morgan fingerprint density at radius 3 is 2.96 bits per heavy atom. The second-order valence-electron chi connectivity index (χ2n) is 5.84. The highest BCUT2D eigenvalue weighted by Gasteiger charge is 2.16. The van der Waals surface area contributed by atoms with Gasteiger partial charge in [0.15, 0.2) is 5.82 Å². The maximum absolute atomic E-state index is 12.3. The van der Waals surface area contributed by atoms with Gasteiger partial charge in [0.05, 0.1) is 38.8 Å². The number of aromatic nitrogens is 4. The molecule has 1 fully saturated rings. The molecular formula is C15H22N6O3. The molecular weight excluding hydrogens is 312 g/mol. The second-order valence-corrected chi connectivity index (χ2v) is 5.84. The van der Waals surface area contributed by atoms with Gasteiger partial charge in [-0.2, -0.15) is 0 Å². The first-order valence-corrected chi connectivity index (χ1v) is 8.02. The first kappa shape index (κ1) is 16.6. The van der Waals surface area contributed by atoms with Crippen molar-refractivity contribution in [2.45, 2.75) is 26.1 Å². The van der Waals surface area contributed by atoms with E-state index in [1.54, 1.807) is 29.2 Å². The summed E-state index contributed by atoms with van der Waals surface area (Å²) in [6.07, 6.45) is 3.60. The summed E-state index contributed by atoms with van der Waals surface area (Å²) in [5, 5.41) is 11.8. The number of furan rings is 1. The van der Waals surface area contributed by atoms with Gasteiger partial charge >= 0.3 is 0 Å². The van der Waals surface area contributed by atoms with Crippen LogP contribution < -0.4 is 0 Å². The number of aryl methyl sites for hydroxylation is 1. The summed E-state index contributed by atoms with van der Waals surface area (Å²) in [5.74, 6) is 0.825. The van der Waals surface area contributed by atoms with Crippen molar-refractivity contribution in [1.29, 1.82) is 0 Å². The maximum atomic E-state index is 12.3. The molecule has 0 aliphatic carbocycles. The summed E-state index contributed by atoms with van der Waals surface area (Å²) in [4.78, 5) is 16.2. The zero-order valence-corrected chi connectivity index (χ0v) is 13.8. The van der Waals surface area contributed by atoms with Crippen LogP contribution in [0.2, 0.25) is 0 Å². The molecule has 1 aliphatic heterocycles. The van der Waals surface area contributed by atoms with Gasteiger partial charge in [-0.05, 0) is 16.5 Å². The van der Waals surface area contributed by atoms with Crippen molar-refractivity contribution in [3.8, 4) is 0 Å². The first-order chi connectivity index (χ1) is 11.7. The molecule has 0 spiro atoms. The molecule has 9 nitrogen and oxygen atoms in total. The van der Waals surface area contributed by atoms with Crippen LogP contribution in [-0.2, 0) is 29.2 Å². The van der Waals surface area contributed by atoms with Crippen molar-refractivity contribution in [2.75, 3.05) is 33.4 Å². The van der Waals surface area contributed by atoms with Crippen LogP contribution in [0.3, 0.4) is 0 Å². The van der Waals surface area contributed by atoms with E-state index in [1.807, 2.05) is 6.07 Å². The number of rotatable bonds is 7. The number of hydrogen-bond acceptors (Lipinski definition) is 7. The lowest BCUT2D eigenvalue weighted by atomic mass is 10.3. The number of carbonyl (C=O) groups excluding carboxylic acids is 1. The molecule has 130 valence electrons. The van der Waals surface area contributed by atoms with E-state index in [-0.39, 0.29) is 5.91 Å². The molecule has 0 aromatic carbocycles. The van der Waals surface area contributed by atoms with Gasteiger partial charge in [-0.25, -0.2) is 4.68 Å². The normalized spacial score (nSPS) is 15.5. The van der Waals surface area contributed by atoms with Crippen LogP contribution in [0.5, 0.6) is 0 Å². The van der Waals surface area contributed by atoms with E-state index >= 15 is 0 Å². The van der Waals surface area contributed by atoms with Gasteiger partial charge in [0.25, 0.3) is 0 Å². The SMILES string of the molecule is CN(Cc1ccoc1)C(=O)CCn1nnnc1CN1CCOCC1. The van der Waals surface area contributed by atoms with E-state index in [0.717, 1.165) is 37.7 Å². The van der Waals surface area contributed by atoms with E-state index in [1.165, 1.54) is 0 Å². The maximum Gasteiger partial charge on any atom is 0.224 e. The quantitative estimate of drug-likeness (QED) is 0.712. The van der Waals surface area contributed by atoms with Gasteiger partial charge in [-0.1, -0.05) is 0 Å². The molecule has 24 heavy (non-hydrogen) atoms. The van der Waals surface area contributed by atoms with Gasteiger partial charge in [-0.15, -0.1) is 5.10 Å². The summed E-state index contributed by atoms with van der Waals surface area (Å²) in [5.41, 5.74) is 0.973. The standard InChI is InChI=1S/C15H22N6O3/c1-19(10-13-3-7-24-12-13)15(22)2-4-21-14(16-17-18-21)11-20-5-8-23-9-6-20/h3,7,12H,2,4-6,8-11H2,1H3. The van der Waals surface area contributed by atoms with Gasteiger partial charge < -0.3 is 14.1 Å². The van der Waals surface area contributed by atoms with E-state index < -0.39 is 0 Å². The third-order valence-electron chi connectivity index (χ3n) is 4.04. The number of carbonyl (C=O) groups is 1. The highest BCUT2D eigenvalue weighted by atomic mass is 16.5. The number of amides is 1. The predicted octanol–water partition coefficient (Wildman–Crippen LogP) is 0.147. The van der Waals surface area contributed by atoms with Crippen molar-refractivity contribution in [2.24, 2.45) is 0 Å². The van der Waals surface area contributed by atoms with E-state index in [0.29, 0.717) is 26.1 Å². The zero-order chi connectivity index (χ0) is 16.8. The molecule has 0 unspecified atom stereocenters. The Morgan fingerprint density at radius 1 is 1.38 bits per heavy atom. The van der Waals surface area contributed by atoms with Crippen molar-refractivity contribution >= 4 is 5.91 Å². The van der Waals surface area contributed by atoms with Gasteiger partial charge in [0.1, 0.15) is 0 Å². The number of hydrogen-bond donors (Lipinski definition) is 0. The molecule has 9 heteroatoms. The van der Waals surface area contributed by atoms with Crippen LogP contribution in [0, 0.1) is 0 Å². The molecule has 0 saturated carbocycles. The van der Waals surface area contributed by atoms with Crippen molar-refractivity contribution < 1.29 is 13.9 Å². The molecule has 2 aromatic heterocycles. The van der Waals surface area contributed by atoms with Crippen LogP contribution in [0.25, 0.3) is 0 Å². The van der Waals surface area contributed by atoms with Gasteiger partial charge in [0.2, 0.25) is 5.91 Å². The second kappa shape index (κ2) is 8.02. The molecule has 1 saturated heterocycles. The number of ether oxygens (including phenoxy) is 1. The Kier molecular flexibility index (Phi) is 5.55. The summed E-state index contributed by atoms with van der Waals surface area (Å²) in [7, 11) is 1.78. The third-order valence-corrected chi connectivity index (χ3v) is 4.04. The van der Waals surface area contributed by atoms with E-state index in [4.69, 9.17) is 9.15 Å². The minimum Gasteiger partial charge on any atom is -0.472 e. The Balaban J connectivity index is 1.49. The minimum atomic E-state index is 0.0454. The summed E-state index contributed by atoms with van der Waals surface area (Å²) in [6.45, 7) is 4.90. The van der Waals surface area contributed by atoms with E-state index in [2.05, 4.69) is 20.4 Å². The van der Waals surface area contributed by atoms with Gasteiger partial charge in [-0.3, -0.25) is 9.69 Å². The predicted molar refractivity (Wildman–Crippen MR) is 83.7 cm³/mol. The fourth-order valence-corrected chi connectivity index (χ4v) is 2.61. The molecule has 0 N–H and O–H groups in total. The molecule has 0 radical (unpaired) electrons. The Hall–Kier alpha value is -2.26. The van der Waals surface area contributed by atoms with Crippen LogP contribution in [-0.4, -0.2) is 69.3 Å². The van der Waals surface area contributed by atoms with Gasteiger partial charge in [0, 0.05) is 38.7 Å². The van der Waals surface area contributed by atoms with E-state index in [9.17, 15) is 4.79 Å². The Labute approximate surface area is 140 Å². The molecule has 0 atom stereocenters. The molecule has 1 amide bonds. The highest BCUT2D eigenvalue weighted by Crippen LogP contribution is 2.07. The lowest BCUT2D eigenvalue weighted by Gasteiger charge is -2.25. The molecule has 0 bridgehead atoms. The third kappa shape index (κ3) is 4.39. The fraction of sp³-hybridized carbons (Fsp3) is 0.600. The van der Waals surface area contributed by atoms with Crippen molar-refractivity contribution in [3.63, 3.8) is 0 Å². The van der Waals surface area contributed by atoms with Crippen LogP contribution in [0.15, 0.2) is 23.0 Å². The van der Waals surface area contributed by atoms with Crippen molar-refractivity contribution in [1.82, 2.24) is 30.0 Å². The largest absolute Gasteiger partial charge is 0.472 e. The van der Waals surface area contributed by atoms with Crippen molar-refractivity contribution in [3.05, 3.63) is 30.0 Å². The molecule has 1 aliphatic rings. The summed E-state index contributed by atoms with van der Waals surface area (Å²) >= 11 is 0. The number of nitrogens with zero attached hydrogens (tertiary/aromatic N) is 6. The monoisotopic (exact) mass is 334 g/mol.